The summed E-state index contributed by atoms with van der Waals surface area (Å²) in [6, 6.07) is 0. The molecular formula is C12H18N2O2S. The topological polar surface area (TPSA) is 41.9 Å². The highest BCUT2D eigenvalue weighted by molar-refractivity contribution is 7.99. The predicted octanol–water partition coefficient (Wildman–Crippen LogP) is 2.39. The summed E-state index contributed by atoms with van der Waals surface area (Å²) in [7, 11) is 1.51. The number of Topliss-reactive ketones (excluding diaryl/α,β-unsaturated/α-hetero) is 1. The molecule has 0 aromatic rings. The van der Waals surface area contributed by atoms with Crippen LogP contribution in [-0.2, 0) is 9.63 Å². The van der Waals surface area contributed by atoms with E-state index >= 15 is 0 Å². The summed E-state index contributed by atoms with van der Waals surface area (Å²) in [5.74, 6) is 0.339. The van der Waals surface area contributed by atoms with E-state index in [1.54, 1.807) is 24.2 Å². The summed E-state index contributed by atoms with van der Waals surface area (Å²) < 4.78 is 2.10. The Balaban J connectivity index is 2.24. The van der Waals surface area contributed by atoms with Crippen LogP contribution in [0.4, 0.5) is 0 Å². The van der Waals surface area contributed by atoms with Crippen molar-refractivity contribution in [2.75, 3.05) is 20.2 Å². The van der Waals surface area contributed by atoms with Crippen molar-refractivity contribution in [3.8, 4) is 0 Å². The summed E-state index contributed by atoms with van der Waals surface area (Å²) in [6.45, 7) is 1.54. The van der Waals surface area contributed by atoms with Crippen molar-refractivity contribution in [3.63, 3.8) is 0 Å². The van der Waals surface area contributed by atoms with Crippen LogP contribution < -0.4 is 0 Å². The molecule has 4 nitrogen and oxygen atoms in total. The molecule has 0 aliphatic carbocycles. The van der Waals surface area contributed by atoms with Gasteiger partial charge in [-0.15, -0.1) is 0 Å². The van der Waals surface area contributed by atoms with Crippen molar-refractivity contribution in [1.82, 2.24) is 4.31 Å². The quantitative estimate of drug-likeness (QED) is 0.327. The number of allylic oxidation sites excluding steroid dienone is 3. The molecule has 94 valence electrons. The Kier molecular flexibility index (Phi) is 7.42. The smallest absolute Gasteiger partial charge is 0.147 e. The van der Waals surface area contributed by atoms with Crippen molar-refractivity contribution in [2.45, 2.75) is 19.3 Å². The van der Waals surface area contributed by atoms with Crippen LogP contribution in [-0.4, -0.2) is 36.5 Å². The van der Waals surface area contributed by atoms with Crippen LogP contribution in [0.15, 0.2) is 28.8 Å². The number of hydrogen-bond acceptors (Lipinski definition) is 5. The molecule has 0 N–H and O–H groups in total. The van der Waals surface area contributed by atoms with Gasteiger partial charge in [0.1, 0.15) is 12.9 Å². The van der Waals surface area contributed by atoms with Crippen molar-refractivity contribution >= 4 is 23.9 Å². The van der Waals surface area contributed by atoms with E-state index in [-0.39, 0.29) is 0 Å². The molecule has 0 bridgehead atoms. The van der Waals surface area contributed by atoms with Crippen LogP contribution in [0.3, 0.4) is 0 Å². The highest BCUT2D eigenvalue weighted by Gasteiger charge is 2.13. The van der Waals surface area contributed by atoms with Gasteiger partial charge in [-0.05, 0) is 36.3 Å². The van der Waals surface area contributed by atoms with Gasteiger partial charge >= 0.3 is 0 Å². The highest BCUT2D eigenvalue weighted by Crippen LogP contribution is 2.16. The van der Waals surface area contributed by atoms with Crippen molar-refractivity contribution in [3.05, 3.63) is 23.6 Å². The van der Waals surface area contributed by atoms with E-state index in [4.69, 9.17) is 0 Å². The number of carbonyl (C=O) groups is 1. The van der Waals surface area contributed by atoms with E-state index in [1.807, 2.05) is 17.6 Å². The van der Waals surface area contributed by atoms with Gasteiger partial charge in [0.2, 0.25) is 0 Å². The number of hydrogen-bond donors (Lipinski definition) is 0. The minimum Gasteiger partial charge on any atom is -0.399 e. The molecule has 1 fully saturated rings. The lowest BCUT2D eigenvalue weighted by Crippen LogP contribution is -2.20. The second-order valence-electron chi connectivity index (χ2n) is 3.62. The summed E-state index contributed by atoms with van der Waals surface area (Å²) in [4.78, 5) is 15.9. The second kappa shape index (κ2) is 9.01. The lowest BCUT2D eigenvalue weighted by molar-refractivity contribution is -0.118. The molecule has 1 aliphatic rings. The van der Waals surface area contributed by atoms with Crippen LogP contribution in [0.1, 0.15) is 19.3 Å². The zero-order valence-electron chi connectivity index (χ0n) is 10.0. The van der Waals surface area contributed by atoms with E-state index in [0.29, 0.717) is 12.3 Å². The summed E-state index contributed by atoms with van der Waals surface area (Å²) in [5.41, 5.74) is 0. The SMILES string of the molecule is CO/N=C/C=C\C=C\SN1CCCCC(=O)C1. The third-order valence-corrected chi connectivity index (χ3v) is 3.12. The Hall–Kier alpha value is -1.07. The molecule has 0 unspecified atom stereocenters. The molecule has 0 radical (unpaired) electrons. The van der Waals surface area contributed by atoms with Gasteiger partial charge in [0.15, 0.2) is 0 Å². The Labute approximate surface area is 107 Å². The maximum absolute atomic E-state index is 11.4. The molecule has 0 spiro atoms. The van der Waals surface area contributed by atoms with E-state index in [0.717, 1.165) is 25.8 Å². The number of carbonyl (C=O) groups excluding carboxylic acids is 1. The van der Waals surface area contributed by atoms with Crippen molar-refractivity contribution < 1.29 is 9.63 Å². The summed E-state index contributed by atoms with van der Waals surface area (Å²) in [5, 5.41) is 5.54. The summed E-state index contributed by atoms with van der Waals surface area (Å²) in [6.07, 6.45) is 10.00. The molecular weight excluding hydrogens is 236 g/mol. The first kappa shape index (κ1) is 14.0. The minimum absolute atomic E-state index is 0.339. The molecule has 5 heteroatoms. The lowest BCUT2D eigenvalue weighted by atomic mass is 10.2. The van der Waals surface area contributed by atoms with Gasteiger partial charge in [-0.1, -0.05) is 17.3 Å². The summed E-state index contributed by atoms with van der Waals surface area (Å²) >= 11 is 1.58. The third-order valence-electron chi connectivity index (χ3n) is 2.23. The molecule has 0 aromatic carbocycles. The zero-order valence-corrected chi connectivity index (χ0v) is 10.9. The fourth-order valence-corrected chi connectivity index (χ4v) is 2.22. The van der Waals surface area contributed by atoms with Crippen molar-refractivity contribution in [2.24, 2.45) is 5.16 Å². The van der Waals surface area contributed by atoms with E-state index in [9.17, 15) is 4.79 Å². The van der Waals surface area contributed by atoms with Crippen LogP contribution in [0.2, 0.25) is 0 Å². The Morgan fingerprint density at radius 2 is 2.24 bits per heavy atom. The Bertz CT molecular complexity index is 314. The predicted molar refractivity (Wildman–Crippen MR) is 71.8 cm³/mol. The first-order chi connectivity index (χ1) is 8.33. The molecule has 1 heterocycles. The molecule has 0 atom stereocenters. The second-order valence-corrected chi connectivity index (χ2v) is 4.61. The molecule has 0 aromatic heterocycles. The maximum Gasteiger partial charge on any atom is 0.147 e. The number of oxime groups is 1. The fraction of sp³-hybridized carbons (Fsp3) is 0.500. The van der Waals surface area contributed by atoms with E-state index in [1.165, 1.54) is 7.11 Å². The van der Waals surface area contributed by atoms with Crippen LogP contribution in [0.25, 0.3) is 0 Å². The van der Waals surface area contributed by atoms with Gasteiger partial charge in [-0.3, -0.25) is 4.79 Å². The standard InChI is InChI=1S/C12H18N2O2S/c1-16-13-8-4-2-6-10-17-14-9-5-3-7-12(15)11-14/h2,4,6,8,10H,3,5,7,9,11H2,1H3/b4-2-,10-6+,13-8+. The van der Waals surface area contributed by atoms with Crippen LogP contribution >= 0.6 is 11.9 Å². The van der Waals surface area contributed by atoms with Gasteiger partial charge in [-0.25, -0.2) is 4.31 Å². The molecule has 1 rings (SSSR count). The van der Waals surface area contributed by atoms with E-state index in [2.05, 4.69) is 14.3 Å². The molecule has 0 saturated carbocycles. The van der Waals surface area contributed by atoms with Crippen molar-refractivity contribution in [1.29, 1.82) is 0 Å². The third kappa shape index (κ3) is 6.97. The van der Waals surface area contributed by atoms with Crippen LogP contribution in [0, 0.1) is 0 Å². The van der Waals surface area contributed by atoms with Gasteiger partial charge in [0.25, 0.3) is 0 Å². The molecule has 0 amide bonds. The maximum atomic E-state index is 11.4. The highest BCUT2D eigenvalue weighted by atomic mass is 32.2. The van der Waals surface area contributed by atoms with Gasteiger partial charge in [0.05, 0.1) is 12.8 Å². The Morgan fingerprint density at radius 3 is 3.06 bits per heavy atom. The van der Waals surface area contributed by atoms with Crippen LogP contribution in [0.5, 0.6) is 0 Å². The van der Waals surface area contributed by atoms with Gasteiger partial charge in [-0.2, -0.15) is 0 Å². The Morgan fingerprint density at radius 1 is 1.35 bits per heavy atom. The van der Waals surface area contributed by atoms with Gasteiger partial charge < -0.3 is 4.84 Å². The monoisotopic (exact) mass is 254 g/mol. The molecule has 1 aliphatic heterocycles. The minimum atomic E-state index is 0.339. The fourth-order valence-electron chi connectivity index (χ4n) is 1.43. The first-order valence-electron chi connectivity index (χ1n) is 5.64. The average molecular weight is 254 g/mol. The normalized spacial score (nSPS) is 19.5. The number of ketones is 1. The average Bonchev–Trinajstić information content (AvgIpc) is 2.52. The largest absolute Gasteiger partial charge is 0.399 e. The first-order valence-corrected chi connectivity index (χ1v) is 6.48. The molecule has 17 heavy (non-hydrogen) atoms. The van der Waals surface area contributed by atoms with Gasteiger partial charge in [0, 0.05) is 13.0 Å². The van der Waals surface area contributed by atoms with E-state index < -0.39 is 0 Å². The lowest BCUT2D eigenvalue weighted by Gasteiger charge is -2.14. The zero-order chi connectivity index (χ0) is 12.3. The number of rotatable bonds is 5. The number of nitrogens with zero attached hydrogens (tertiary/aromatic N) is 2. The molecule has 1 saturated heterocycles.